The molecule has 0 bridgehead atoms. The van der Waals surface area contributed by atoms with Gasteiger partial charge in [0.1, 0.15) is 6.61 Å². The first kappa shape index (κ1) is 22.1. The summed E-state index contributed by atoms with van der Waals surface area (Å²) in [5.41, 5.74) is 3.61. The number of hydrogen-bond acceptors (Lipinski definition) is 4. The molecule has 162 valence electrons. The molecule has 3 rings (SSSR count). The summed E-state index contributed by atoms with van der Waals surface area (Å²) in [6.45, 7) is 2.55. The van der Waals surface area contributed by atoms with Crippen LogP contribution in [-0.4, -0.2) is 32.9 Å². The number of imidazole rings is 1. The summed E-state index contributed by atoms with van der Waals surface area (Å²) in [7, 11) is 0. The van der Waals surface area contributed by atoms with Gasteiger partial charge in [0, 0.05) is 24.7 Å². The van der Waals surface area contributed by atoms with Crippen LogP contribution in [0.5, 0.6) is 0 Å². The molecule has 1 aromatic heterocycles. The van der Waals surface area contributed by atoms with Crippen molar-refractivity contribution in [3.63, 3.8) is 0 Å². The van der Waals surface area contributed by atoms with E-state index in [0.29, 0.717) is 25.4 Å². The second-order valence-corrected chi connectivity index (χ2v) is 8.25. The highest BCUT2D eigenvalue weighted by molar-refractivity contribution is 5.90. The van der Waals surface area contributed by atoms with Crippen molar-refractivity contribution in [1.82, 2.24) is 9.55 Å². The summed E-state index contributed by atoms with van der Waals surface area (Å²) in [4.78, 5) is 20.7. The van der Waals surface area contributed by atoms with Crippen molar-refractivity contribution in [1.29, 1.82) is 0 Å². The van der Waals surface area contributed by atoms with Crippen LogP contribution >= 0.6 is 0 Å². The molecule has 1 heterocycles. The van der Waals surface area contributed by atoms with Crippen LogP contribution in [0.2, 0.25) is 0 Å². The molecule has 1 unspecified atom stereocenters. The smallest absolute Gasteiger partial charge is 0.303 e. The number of nitrogens with zero attached hydrogens (tertiary/aromatic N) is 3. The lowest BCUT2D eigenvalue weighted by Gasteiger charge is -2.29. The Labute approximate surface area is 179 Å². The molecule has 2 aromatic rings. The lowest BCUT2D eigenvalue weighted by atomic mass is 9.82. The zero-order chi connectivity index (χ0) is 21.2. The predicted molar refractivity (Wildman–Crippen MR) is 118 cm³/mol. The molecule has 0 saturated heterocycles. The van der Waals surface area contributed by atoms with Gasteiger partial charge in [0.25, 0.3) is 0 Å². The van der Waals surface area contributed by atoms with Gasteiger partial charge in [-0.05, 0) is 44.6 Å². The van der Waals surface area contributed by atoms with Crippen molar-refractivity contribution in [3.8, 4) is 0 Å². The highest BCUT2D eigenvalue weighted by Crippen LogP contribution is 2.31. The molecule has 1 atom stereocenters. The van der Waals surface area contributed by atoms with E-state index in [-0.39, 0.29) is 12.5 Å². The number of benzene rings is 1. The highest BCUT2D eigenvalue weighted by atomic mass is 16.6. The maximum atomic E-state index is 10.7. The summed E-state index contributed by atoms with van der Waals surface area (Å²) < 4.78 is 2.14. The summed E-state index contributed by atoms with van der Waals surface area (Å²) in [5, 5.41) is 13.4. The van der Waals surface area contributed by atoms with Crippen LogP contribution in [0.25, 0.3) is 0 Å². The molecule has 0 radical (unpaired) electrons. The molecule has 1 aromatic carbocycles. The number of aliphatic carboxylic acids is 1. The number of carboxylic acids is 1. The quantitative estimate of drug-likeness (QED) is 0.314. The van der Waals surface area contributed by atoms with E-state index in [1.807, 2.05) is 18.7 Å². The molecule has 1 N–H and O–H groups in total. The van der Waals surface area contributed by atoms with Crippen molar-refractivity contribution in [2.45, 2.75) is 70.8 Å². The first-order valence-electron chi connectivity index (χ1n) is 11.1. The van der Waals surface area contributed by atoms with Crippen molar-refractivity contribution >= 4 is 11.7 Å². The summed E-state index contributed by atoms with van der Waals surface area (Å²) in [6, 6.07) is 8.74. The van der Waals surface area contributed by atoms with E-state index in [1.54, 1.807) is 0 Å². The number of aromatic nitrogens is 2. The Hall–Kier alpha value is -2.63. The van der Waals surface area contributed by atoms with Crippen molar-refractivity contribution in [3.05, 3.63) is 54.1 Å². The first-order chi connectivity index (χ1) is 14.6. The van der Waals surface area contributed by atoms with Crippen molar-refractivity contribution < 1.29 is 14.7 Å². The number of carbonyl (C=O) groups is 1. The van der Waals surface area contributed by atoms with Gasteiger partial charge < -0.3 is 14.5 Å². The Bertz CT molecular complexity index is 794. The maximum absolute atomic E-state index is 10.7. The van der Waals surface area contributed by atoms with E-state index in [2.05, 4.69) is 45.9 Å². The van der Waals surface area contributed by atoms with Crippen LogP contribution in [0.4, 0.5) is 0 Å². The standard InChI is InChI=1S/C24H33N3O3/c1-19-10-12-20(13-11-19)17-22(27-15-14-25-18-27)24(21-7-3-2-4-8-21)26-30-16-6-5-9-23(28)29/h10-15,18,21-22H,2-9,16-17H2,1H3,(H,28,29). The van der Waals surface area contributed by atoms with Gasteiger partial charge in [-0.1, -0.05) is 54.2 Å². The van der Waals surface area contributed by atoms with Crippen LogP contribution in [0, 0.1) is 12.8 Å². The second kappa shape index (κ2) is 11.5. The molecule has 0 aliphatic heterocycles. The third kappa shape index (κ3) is 6.71. The van der Waals surface area contributed by atoms with Gasteiger partial charge >= 0.3 is 5.97 Å². The fourth-order valence-electron chi connectivity index (χ4n) is 4.13. The minimum Gasteiger partial charge on any atom is -0.481 e. The summed E-state index contributed by atoms with van der Waals surface area (Å²) in [5.74, 6) is -0.352. The Morgan fingerprint density at radius 1 is 1.23 bits per heavy atom. The van der Waals surface area contributed by atoms with Crippen molar-refractivity contribution in [2.75, 3.05) is 6.61 Å². The van der Waals surface area contributed by atoms with Crippen LogP contribution in [0.15, 0.2) is 48.1 Å². The molecule has 1 aliphatic carbocycles. The van der Waals surface area contributed by atoms with Gasteiger partial charge in [0.2, 0.25) is 0 Å². The number of unbranched alkanes of at least 4 members (excludes halogenated alkanes) is 1. The Kier molecular flexibility index (Phi) is 8.48. The lowest BCUT2D eigenvalue weighted by Crippen LogP contribution is -2.29. The minimum absolute atomic E-state index is 0.0670. The Morgan fingerprint density at radius 3 is 2.67 bits per heavy atom. The largest absolute Gasteiger partial charge is 0.481 e. The average molecular weight is 412 g/mol. The number of carboxylic acid groups (broad SMARTS) is 1. The van der Waals surface area contributed by atoms with E-state index < -0.39 is 5.97 Å². The van der Waals surface area contributed by atoms with E-state index in [0.717, 1.165) is 25.0 Å². The third-order valence-electron chi connectivity index (χ3n) is 5.85. The number of oxime groups is 1. The van der Waals surface area contributed by atoms with E-state index >= 15 is 0 Å². The minimum atomic E-state index is -0.764. The highest BCUT2D eigenvalue weighted by Gasteiger charge is 2.28. The topological polar surface area (TPSA) is 76.7 Å². The van der Waals surface area contributed by atoms with E-state index in [4.69, 9.17) is 9.94 Å². The van der Waals surface area contributed by atoms with Gasteiger partial charge in [-0.3, -0.25) is 4.79 Å². The SMILES string of the molecule is Cc1ccc(CC(C(=NOCCCCC(=O)O)C2CCCCC2)n2ccnc2)cc1. The molecular formula is C24H33N3O3. The van der Waals surface area contributed by atoms with Gasteiger partial charge in [-0.15, -0.1) is 0 Å². The number of aryl methyl sites for hydroxylation is 1. The number of rotatable bonds is 11. The van der Waals surface area contributed by atoms with E-state index in [1.165, 1.54) is 30.4 Å². The molecule has 1 saturated carbocycles. The molecule has 0 amide bonds. The fraction of sp³-hybridized carbons (Fsp3) is 0.542. The molecule has 6 heteroatoms. The van der Waals surface area contributed by atoms with Crippen LogP contribution in [0.3, 0.4) is 0 Å². The van der Waals surface area contributed by atoms with Gasteiger partial charge in [0.15, 0.2) is 0 Å². The second-order valence-electron chi connectivity index (χ2n) is 8.25. The third-order valence-corrected chi connectivity index (χ3v) is 5.85. The fourth-order valence-corrected chi connectivity index (χ4v) is 4.13. The maximum Gasteiger partial charge on any atom is 0.303 e. The molecule has 1 fully saturated rings. The van der Waals surface area contributed by atoms with E-state index in [9.17, 15) is 4.79 Å². The lowest BCUT2D eigenvalue weighted by molar-refractivity contribution is -0.137. The zero-order valence-electron chi connectivity index (χ0n) is 17.9. The molecule has 30 heavy (non-hydrogen) atoms. The summed E-state index contributed by atoms with van der Waals surface area (Å²) >= 11 is 0. The Balaban J connectivity index is 1.77. The van der Waals surface area contributed by atoms with Gasteiger partial charge in [-0.2, -0.15) is 0 Å². The summed E-state index contributed by atoms with van der Waals surface area (Å²) in [6.07, 6.45) is 14.0. The normalized spacial score (nSPS) is 16.4. The van der Waals surface area contributed by atoms with Crippen LogP contribution in [0.1, 0.15) is 68.5 Å². The molecular weight excluding hydrogens is 378 g/mol. The predicted octanol–water partition coefficient (Wildman–Crippen LogP) is 5.18. The van der Waals surface area contributed by atoms with Crippen LogP contribution in [-0.2, 0) is 16.1 Å². The number of hydrogen-bond donors (Lipinski definition) is 1. The van der Waals surface area contributed by atoms with Crippen molar-refractivity contribution in [2.24, 2.45) is 11.1 Å². The molecule has 0 spiro atoms. The zero-order valence-corrected chi connectivity index (χ0v) is 17.9. The van der Waals surface area contributed by atoms with Crippen LogP contribution < -0.4 is 0 Å². The Morgan fingerprint density at radius 2 is 2.00 bits per heavy atom. The average Bonchev–Trinajstić information content (AvgIpc) is 3.28. The first-order valence-corrected chi connectivity index (χ1v) is 11.1. The van der Waals surface area contributed by atoms with Gasteiger partial charge in [0.05, 0.1) is 18.1 Å². The van der Waals surface area contributed by atoms with Gasteiger partial charge in [-0.25, -0.2) is 4.98 Å². The molecule has 1 aliphatic rings. The monoisotopic (exact) mass is 411 g/mol. The molecule has 6 nitrogen and oxygen atoms in total.